The third-order valence-electron chi connectivity index (χ3n) is 4.15. The molecule has 0 bridgehead atoms. The minimum atomic E-state index is -0.0307. The highest BCUT2D eigenvalue weighted by Gasteiger charge is 2.23. The predicted octanol–water partition coefficient (Wildman–Crippen LogP) is 6.08. The molecule has 6 nitrogen and oxygen atoms in total. The molecule has 4 rings (SSSR count). The molecule has 0 saturated heterocycles. The maximum atomic E-state index is 11.8. The molecule has 164 valence electrons. The lowest BCUT2D eigenvalue weighted by Gasteiger charge is -2.13. The molecule has 0 radical (unpaired) electrons. The van der Waals surface area contributed by atoms with Crippen molar-refractivity contribution in [1.82, 2.24) is 20.3 Å². The van der Waals surface area contributed by atoms with Gasteiger partial charge in [-0.15, -0.1) is 0 Å². The minimum Gasteiger partial charge on any atom is -0.366 e. The monoisotopic (exact) mass is 411 g/mol. The van der Waals surface area contributed by atoms with Crippen LogP contribution in [0.5, 0.6) is 0 Å². The molecule has 1 aromatic carbocycles. The number of rotatable bonds is 3. The molecule has 1 aliphatic rings. The number of hydrogen-bond donors (Lipinski definition) is 3. The maximum absolute atomic E-state index is 11.8. The number of fused-ring (bicyclic) bond motifs is 2. The number of anilines is 1. The number of aromatic nitrogens is 3. The highest BCUT2D eigenvalue weighted by Crippen LogP contribution is 2.30. The Hall–Kier alpha value is -2.89. The summed E-state index contributed by atoms with van der Waals surface area (Å²) in [6, 6.07) is 8.10. The van der Waals surface area contributed by atoms with Crippen molar-refractivity contribution in [3.05, 3.63) is 41.2 Å². The molecule has 3 N–H and O–H groups in total. The summed E-state index contributed by atoms with van der Waals surface area (Å²) >= 11 is 0. The maximum Gasteiger partial charge on any atom is 0.253 e. The zero-order valence-corrected chi connectivity index (χ0v) is 19.9. The number of hydrogen-bond acceptors (Lipinski definition) is 4. The number of amides is 1. The van der Waals surface area contributed by atoms with Crippen LogP contribution in [-0.2, 0) is 6.54 Å². The Kier molecular flexibility index (Phi) is 10.0. The van der Waals surface area contributed by atoms with Gasteiger partial charge in [0.25, 0.3) is 5.91 Å². The standard InChI is InChI=1S/C18H19N5O.3C2H6/c1-9(2)20-17-10(3)21-13-6-4-5-11(16(13)23-17)14-7-12-15(22-14)8-19-18(12)24;3*1-2/h4-7,9,22H,8H2,1-3H3,(H,19,24)(H,20,23);3*1-2H3. The van der Waals surface area contributed by atoms with Crippen LogP contribution in [0.25, 0.3) is 22.3 Å². The fourth-order valence-corrected chi connectivity index (χ4v) is 3.04. The lowest BCUT2D eigenvalue weighted by molar-refractivity contribution is 0.0965. The molecule has 2 aromatic heterocycles. The number of nitrogens with zero attached hydrogens (tertiary/aromatic N) is 2. The molecule has 30 heavy (non-hydrogen) atoms. The number of para-hydroxylation sites is 1. The lowest BCUT2D eigenvalue weighted by atomic mass is 10.1. The van der Waals surface area contributed by atoms with E-state index < -0.39 is 0 Å². The van der Waals surface area contributed by atoms with Gasteiger partial charge in [0.2, 0.25) is 0 Å². The first-order valence-corrected chi connectivity index (χ1v) is 11.1. The number of benzene rings is 1. The third-order valence-corrected chi connectivity index (χ3v) is 4.15. The van der Waals surface area contributed by atoms with Gasteiger partial charge in [0.05, 0.1) is 23.3 Å². The van der Waals surface area contributed by atoms with Gasteiger partial charge in [0.15, 0.2) is 0 Å². The summed E-state index contributed by atoms with van der Waals surface area (Å²) in [7, 11) is 0. The van der Waals surface area contributed by atoms with Crippen LogP contribution in [-0.4, -0.2) is 26.9 Å². The van der Waals surface area contributed by atoms with Gasteiger partial charge in [-0.05, 0) is 32.9 Å². The number of aromatic amines is 1. The van der Waals surface area contributed by atoms with E-state index in [-0.39, 0.29) is 11.9 Å². The molecule has 0 aliphatic carbocycles. The first-order chi connectivity index (χ1) is 14.5. The highest BCUT2D eigenvalue weighted by molar-refractivity contribution is 6.00. The van der Waals surface area contributed by atoms with Crippen molar-refractivity contribution in [2.45, 2.75) is 74.9 Å². The van der Waals surface area contributed by atoms with E-state index in [0.717, 1.165) is 39.5 Å². The van der Waals surface area contributed by atoms with Crippen LogP contribution in [0, 0.1) is 6.92 Å². The molecule has 0 spiro atoms. The van der Waals surface area contributed by atoms with E-state index in [1.165, 1.54) is 0 Å². The summed E-state index contributed by atoms with van der Waals surface area (Å²) < 4.78 is 0. The minimum absolute atomic E-state index is 0.0307. The van der Waals surface area contributed by atoms with Gasteiger partial charge in [-0.2, -0.15) is 0 Å². The molecule has 1 amide bonds. The molecule has 1 aliphatic heterocycles. The van der Waals surface area contributed by atoms with Gasteiger partial charge in [0, 0.05) is 23.0 Å². The van der Waals surface area contributed by atoms with Crippen molar-refractivity contribution in [1.29, 1.82) is 0 Å². The predicted molar refractivity (Wildman–Crippen MR) is 128 cm³/mol. The fraction of sp³-hybridized carbons (Fsp3) is 0.458. The average Bonchev–Trinajstić information content (AvgIpc) is 3.34. The summed E-state index contributed by atoms with van der Waals surface area (Å²) in [5.74, 6) is 0.763. The Morgan fingerprint density at radius 3 is 2.27 bits per heavy atom. The second-order valence-corrected chi connectivity index (χ2v) is 6.39. The van der Waals surface area contributed by atoms with Crippen LogP contribution >= 0.6 is 0 Å². The number of aryl methyl sites for hydroxylation is 1. The van der Waals surface area contributed by atoms with Crippen LogP contribution in [0.15, 0.2) is 24.3 Å². The van der Waals surface area contributed by atoms with E-state index in [2.05, 4.69) is 34.4 Å². The van der Waals surface area contributed by atoms with Gasteiger partial charge >= 0.3 is 0 Å². The topological polar surface area (TPSA) is 82.7 Å². The molecular weight excluding hydrogens is 374 g/mol. The van der Waals surface area contributed by atoms with Crippen LogP contribution in [0.2, 0.25) is 0 Å². The summed E-state index contributed by atoms with van der Waals surface area (Å²) in [6.07, 6.45) is 0. The molecular formula is C24H37N5O. The van der Waals surface area contributed by atoms with Crippen molar-refractivity contribution in [2.75, 3.05) is 5.32 Å². The summed E-state index contributed by atoms with van der Waals surface area (Å²) in [5.41, 5.74) is 6.03. The Bertz CT molecular complexity index is 960. The highest BCUT2D eigenvalue weighted by atomic mass is 16.1. The van der Waals surface area contributed by atoms with Gasteiger partial charge in [-0.3, -0.25) is 4.79 Å². The number of carbonyl (C=O) groups is 1. The quantitative estimate of drug-likeness (QED) is 0.488. The molecule has 6 heteroatoms. The second-order valence-electron chi connectivity index (χ2n) is 6.39. The van der Waals surface area contributed by atoms with Crippen LogP contribution in [0.3, 0.4) is 0 Å². The lowest BCUT2D eigenvalue weighted by Crippen LogP contribution is -2.13. The Morgan fingerprint density at radius 1 is 1.00 bits per heavy atom. The first kappa shape index (κ1) is 25.1. The average molecular weight is 412 g/mol. The molecule has 0 fully saturated rings. The normalized spacial score (nSPS) is 11.3. The van der Waals surface area contributed by atoms with E-state index in [1.54, 1.807) is 0 Å². The van der Waals surface area contributed by atoms with Crippen LogP contribution < -0.4 is 10.6 Å². The number of nitrogens with one attached hydrogen (secondary N) is 3. The van der Waals surface area contributed by atoms with Crippen molar-refractivity contribution in [2.24, 2.45) is 0 Å². The Balaban J connectivity index is 0.000000691. The number of carbonyl (C=O) groups excluding carboxylic acids is 1. The van der Waals surface area contributed by atoms with Gasteiger partial charge in [0.1, 0.15) is 11.3 Å². The van der Waals surface area contributed by atoms with Gasteiger partial charge in [-0.25, -0.2) is 9.97 Å². The van der Waals surface area contributed by atoms with E-state index >= 15 is 0 Å². The third kappa shape index (κ3) is 5.38. The van der Waals surface area contributed by atoms with E-state index in [9.17, 15) is 4.79 Å². The molecule has 0 atom stereocenters. The zero-order chi connectivity index (χ0) is 22.8. The molecule has 0 saturated carbocycles. The largest absolute Gasteiger partial charge is 0.366 e. The van der Waals surface area contributed by atoms with Crippen molar-refractivity contribution in [3.8, 4) is 11.3 Å². The van der Waals surface area contributed by atoms with E-state index in [1.807, 2.05) is 72.7 Å². The van der Waals surface area contributed by atoms with Gasteiger partial charge in [-0.1, -0.05) is 53.7 Å². The van der Waals surface area contributed by atoms with Crippen LogP contribution in [0.4, 0.5) is 5.82 Å². The summed E-state index contributed by atoms with van der Waals surface area (Å²) in [5, 5.41) is 6.15. The number of H-pyrrole nitrogens is 1. The zero-order valence-electron chi connectivity index (χ0n) is 19.9. The van der Waals surface area contributed by atoms with Crippen LogP contribution in [0.1, 0.15) is 77.1 Å². The van der Waals surface area contributed by atoms with E-state index in [4.69, 9.17) is 4.98 Å². The SMILES string of the molecule is CC.CC.CC.Cc1nc2cccc(-c3cc4c([nH]3)CNC4=O)c2nc1NC(C)C. The second kappa shape index (κ2) is 12.0. The van der Waals surface area contributed by atoms with E-state index in [0.29, 0.717) is 12.1 Å². The Morgan fingerprint density at radius 2 is 1.67 bits per heavy atom. The fourth-order valence-electron chi connectivity index (χ4n) is 3.04. The van der Waals surface area contributed by atoms with Crippen molar-refractivity contribution in [3.63, 3.8) is 0 Å². The van der Waals surface area contributed by atoms with Gasteiger partial charge < -0.3 is 15.6 Å². The summed E-state index contributed by atoms with van der Waals surface area (Å²) in [6.45, 7) is 18.7. The smallest absolute Gasteiger partial charge is 0.253 e. The molecule has 3 heterocycles. The molecule has 3 aromatic rings. The van der Waals surface area contributed by atoms with Crippen molar-refractivity contribution >= 4 is 22.8 Å². The Labute approximate surface area is 180 Å². The molecule has 0 unspecified atom stereocenters. The first-order valence-electron chi connectivity index (χ1n) is 11.1. The van der Waals surface area contributed by atoms with Crippen molar-refractivity contribution < 1.29 is 4.79 Å². The summed E-state index contributed by atoms with van der Waals surface area (Å²) in [4.78, 5) is 24.6.